The Labute approximate surface area is 111 Å². The average molecular weight is 270 g/mol. The molecule has 18 heavy (non-hydrogen) atoms. The molecule has 1 fully saturated rings. The van der Waals surface area contributed by atoms with Gasteiger partial charge in [-0.25, -0.2) is 4.79 Å². The van der Waals surface area contributed by atoms with Crippen LogP contribution in [0, 0.1) is 0 Å². The molecule has 1 aliphatic rings. The van der Waals surface area contributed by atoms with E-state index >= 15 is 0 Å². The van der Waals surface area contributed by atoms with E-state index in [1.165, 1.54) is 0 Å². The first kappa shape index (κ1) is 13.2. The van der Waals surface area contributed by atoms with Crippen LogP contribution in [0.1, 0.15) is 30.1 Å². The van der Waals surface area contributed by atoms with Gasteiger partial charge in [-0.2, -0.15) is 0 Å². The van der Waals surface area contributed by atoms with Crippen LogP contribution in [0.4, 0.5) is 5.69 Å². The molecule has 1 unspecified atom stereocenters. The number of carboxylic acids is 1. The molecule has 2 N–H and O–H groups in total. The third-order valence-corrected chi connectivity index (χ3v) is 3.50. The van der Waals surface area contributed by atoms with Gasteiger partial charge in [0, 0.05) is 13.2 Å². The van der Waals surface area contributed by atoms with Crippen molar-refractivity contribution < 1.29 is 14.6 Å². The van der Waals surface area contributed by atoms with E-state index in [0.29, 0.717) is 12.2 Å². The lowest BCUT2D eigenvalue weighted by atomic mass is 10.0. The lowest BCUT2D eigenvalue weighted by molar-refractivity contribution is 0.0314. The molecule has 1 aromatic carbocycles. The van der Waals surface area contributed by atoms with Gasteiger partial charge in [0.2, 0.25) is 0 Å². The summed E-state index contributed by atoms with van der Waals surface area (Å²) in [6, 6.07) is 5.02. The van der Waals surface area contributed by atoms with Crippen molar-refractivity contribution in [2.24, 2.45) is 0 Å². The summed E-state index contributed by atoms with van der Waals surface area (Å²) in [5.74, 6) is -1.03. The first-order valence-electron chi connectivity index (χ1n) is 5.91. The maximum atomic E-state index is 11.2. The van der Waals surface area contributed by atoms with Gasteiger partial charge in [0.1, 0.15) is 5.56 Å². The van der Waals surface area contributed by atoms with Crippen molar-refractivity contribution in [1.82, 2.24) is 0 Å². The fraction of sp³-hybridized carbons (Fsp3) is 0.462. The van der Waals surface area contributed by atoms with Crippen molar-refractivity contribution in [3.63, 3.8) is 0 Å². The molecule has 1 atom stereocenters. The summed E-state index contributed by atoms with van der Waals surface area (Å²) in [5.41, 5.74) is 0.422. The predicted octanol–water partition coefficient (Wildman–Crippen LogP) is 3.02. The minimum Gasteiger partial charge on any atom is -0.478 e. The highest BCUT2D eigenvalue weighted by atomic mass is 35.5. The van der Waals surface area contributed by atoms with Gasteiger partial charge in [-0.05, 0) is 31.9 Å². The Morgan fingerprint density at radius 1 is 1.61 bits per heavy atom. The van der Waals surface area contributed by atoms with Gasteiger partial charge in [0.05, 0.1) is 16.3 Å². The number of hydrogen-bond acceptors (Lipinski definition) is 3. The van der Waals surface area contributed by atoms with Crippen LogP contribution in [0.2, 0.25) is 5.02 Å². The zero-order valence-electron chi connectivity index (χ0n) is 10.2. The molecular weight excluding hydrogens is 254 g/mol. The lowest BCUT2D eigenvalue weighted by Gasteiger charge is -2.24. The van der Waals surface area contributed by atoms with Crippen molar-refractivity contribution >= 4 is 23.3 Å². The molecule has 1 saturated heterocycles. The Hall–Kier alpha value is -1.26. The van der Waals surface area contributed by atoms with Crippen LogP contribution in [0.15, 0.2) is 18.2 Å². The van der Waals surface area contributed by atoms with Crippen molar-refractivity contribution in [2.75, 3.05) is 18.5 Å². The highest BCUT2D eigenvalue weighted by Crippen LogP contribution is 2.28. The molecule has 4 nitrogen and oxygen atoms in total. The standard InChI is InChI=1S/C13H16ClNO3/c1-13(6-3-7-18-13)8-15-10-5-2-4-9(14)11(10)12(16)17/h2,4-5,15H,3,6-8H2,1H3,(H,16,17). The Kier molecular flexibility index (Phi) is 3.78. The van der Waals surface area contributed by atoms with Crippen molar-refractivity contribution in [3.05, 3.63) is 28.8 Å². The van der Waals surface area contributed by atoms with Gasteiger partial charge in [-0.3, -0.25) is 0 Å². The minimum absolute atomic E-state index is 0.112. The predicted molar refractivity (Wildman–Crippen MR) is 70.5 cm³/mol. The van der Waals surface area contributed by atoms with E-state index in [9.17, 15) is 4.79 Å². The fourth-order valence-corrected chi connectivity index (χ4v) is 2.40. The van der Waals surface area contributed by atoms with E-state index in [0.717, 1.165) is 19.4 Å². The summed E-state index contributed by atoms with van der Waals surface area (Å²) in [4.78, 5) is 11.2. The van der Waals surface area contributed by atoms with Crippen LogP contribution in [0.25, 0.3) is 0 Å². The number of carboxylic acid groups (broad SMARTS) is 1. The van der Waals surface area contributed by atoms with Crippen LogP contribution in [0.5, 0.6) is 0 Å². The normalized spacial score (nSPS) is 23.0. The lowest BCUT2D eigenvalue weighted by Crippen LogP contribution is -2.32. The summed E-state index contributed by atoms with van der Waals surface area (Å²) in [5, 5.41) is 12.5. The maximum absolute atomic E-state index is 11.2. The molecule has 1 aromatic rings. The zero-order chi connectivity index (χ0) is 13.2. The van der Waals surface area contributed by atoms with Crippen LogP contribution >= 0.6 is 11.6 Å². The molecule has 0 radical (unpaired) electrons. The van der Waals surface area contributed by atoms with Crippen molar-refractivity contribution in [1.29, 1.82) is 0 Å². The van der Waals surface area contributed by atoms with Gasteiger partial charge >= 0.3 is 5.97 Å². The maximum Gasteiger partial charge on any atom is 0.339 e. The van der Waals surface area contributed by atoms with E-state index in [4.69, 9.17) is 21.4 Å². The molecule has 98 valence electrons. The Bertz CT molecular complexity index is 456. The van der Waals surface area contributed by atoms with Gasteiger partial charge in [-0.1, -0.05) is 17.7 Å². The third-order valence-electron chi connectivity index (χ3n) is 3.18. The number of halogens is 1. The molecule has 0 saturated carbocycles. The second kappa shape index (κ2) is 5.16. The van der Waals surface area contributed by atoms with Crippen LogP contribution in [-0.4, -0.2) is 29.8 Å². The number of anilines is 1. The monoisotopic (exact) mass is 269 g/mol. The summed E-state index contributed by atoms with van der Waals surface area (Å²) >= 11 is 5.90. The molecule has 0 aliphatic carbocycles. The molecule has 2 rings (SSSR count). The fourth-order valence-electron chi connectivity index (χ4n) is 2.15. The second-order valence-corrected chi connectivity index (χ2v) is 5.13. The van der Waals surface area contributed by atoms with E-state index in [2.05, 4.69) is 5.32 Å². The number of aromatic carboxylic acids is 1. The number of ether oxygens (including phenoxy) is 1. The molecule has 1 aliphatic heterocycles. The van der Waals surface area contributed by atoms with Gasteiger partial charge < -0.3 is 15.2 Å². The molecule has 0 bridgehead atoms. The van der Waals surface area contributed by atoms with E-state index in [1.807, 2.05) is 6.92 Å². The van der Waals surface area contributed by atoms with Crippen LogP contribution < -0.4 is 5.32 Å². The molecule has 0 spiro atoms. The van der Waals surface area contributed by atoms with E-state index in [1.54, 1.807) is 18.2 Å². The average Bonchev–Trinajstić information content (AvgIpc) is 2.73. The minimum atomic E-state index is -1.03. The molecular formula is C13H16ClNO3. The summed E-state index contributed by atoms with van der Waals surface area (Å²) < 4.78 is 5.65. The quantitative estimate of drug-likeness (QED) is 0.882. The summed E-state index contributed by atoms with van der Waals surface area (Å²) in [6.07, 6.45) is 2.02. The number of carbonyl (C=O) groups is 1. The summed E-state index contributed by atoms with van der Waals surface area (Å²) in [6.45, 7) is 3.37. The Balaban J connectivity index is 2.14. The van der Waals surface area contributed by atoms with Gasteiger partial charge in [0.15, 0.2) is 0 Å². The molecule has 0 amide bonds. The Morgan fingerprint density at radius 2 is 2.39 bits per heavy atom. The highest BCUT2D eigenvalue weighted by molar-refractivity contribution is 6.34. The second-order valence-electron chi connectivity index (χ2n) is 4.72. The van der Waals surface area contributed by atoms with E-state index < -0.39 is 5.97 Å². The van der Waals surface area contributed by atoms with E-state index in [-0.39, 0.29) is 16.2 Å². The first-order valence-corrected chi connectivity index (χ1v) is 6.29. The molecule has 0 aromatic heterocycles. The van der Waals surface area contributed by atoms with Crippen molar-refractivity contribution in [2.45, 2.75) is 25.4 Å². The highest BCUT2D eigenvalue weighted by Gasteiger charge is 2.29. The van der Waals surface area contributed by atoms with Crippen LogP contribution in [-0.2, 0) is 4.74 Å². The molecule has 5 heteroatoms. The number of benzene rings is 1. The summed E-state index contributed by atoms with van der Waals surface area (Å²) in [7, 11) is 0. The SMILES string of the molecule is CC1(CNc2cccc(Cl)c2C(=O)O)CCCO1. The van der Waals surface area contributed by atoms with Gasteiger partial charge in [0.25, 0.3) is 0 Å². The molecule has 1 heterocycles. The largest absolute Gasteiger partial charge is 0.478 e. The zero-order valence-corrected chi connectivity index (χ0v) is 11.0. The van der Waals surface area contributed by atoms with Crippen LogP contribution in [0.3, 0.4) is 0 Å². The third kappa shape index (κ3) is 2.76. The van der Waals surface area contributed by atoms with Gasteiger partial charge in [-0.15, -0.1) is 0 Å². The van der Waals surface area contributed by atoms with Crippen molar-refractivity contribution in [3.8, 4) is 0 Å². The smallest absolute Gasteiger partial charge is 0.339 e. The number of nitrogens with one attached hydrogen (secondary N) is 1. The first-order chi connectivity index (χ1) is 8.52. The number of hydrogen-bond donors (Lipinski definition) is 2. The topological polar surface area (TPSA) is 58.6 Å². The Morgan fingerprint density at radius 3 is 3.00 bits per heavy atom. The number of rotatable bonds is 4.